The molecule has 2 heterocycles. The second-order valence-corrected chi connectivity index (χ2v) is 18.6. The standard InChI is InChI=1S/C57H46N4O9S2.ClH/c1-37-28-32-44(33-29-37)58-55-60-57(61(45-34-30-38(2)31-35-45)56(72-55)59-43-26-16-7-17-27-43)71-54-49(70-53(65)42-24-14-6-15-25-42)48(69-52(64)41-22-12-5-13-23-41)47(68-51(63)40-20-10-4-11-21-40)46(67-54)36-66-50(62)39-18-8-3-9-19-39;/h3-35,46-49,54H,36H2,1-2H3;1H/t46-,47-,48+,49-,54?;/m1./s1. The number of halogens is 1. The molecule has 1 saturated heterocycles. The Balaban J connectivity index is 0.00000711. The molecule has 0 aromatic heterocycles. The average Bonchev–Trinajstić information content (AvgIpc) is 3.41. The SMILES string of the molecule is Cc1ccc(N=C2N=C(SC3O[C@H](COC(=O)c4ccccc4)[C@@H](OC(=O)c4ccccc4)[C@H](OC(=O)c4ccccc4)[C@H]3OC(=O)c3ccccc3)[NH+](c3ccc(C)cc3)C(=Nc3ccccc3)S2)cc1.[Cl-]. The molecule has 2 unspecified atom stereocenters. The summed E-state index contributed by atoms with van der Waals surface area (Å²) in [4.78, 5) is 72.6. The summed E-state index contributed by atoms with van der Waals surface area (Å²) in [5, 5.41) is 1.25. The molecule has 2 aliphatic rings. The van der Waals surface area contributed by atoms with Crippen molar-refractivity contribution in [3.8, 4) is 0 Å². The van der Waals surface area contributed by atoms with Crippen LogP contribution in [0.1, 0.15) is 52.6 Å². The predicted octanol–water partition coefficient (Wildman–Crippen LogP) is 7.29. The van der Waals surface area contributed by atoms with Crippen molar-refractivity contribution in [3.63, 3.8) is 0 Å². The third-order valence-corrected chi connectivity index (χ3v) is 13.3. The highest BCUT2D eigenvalue weighted by Crippen LogP contribution is 2.37. The Morgan fingerprint density at radius 3 is 1.47 bits per heavy atom. The number of hydrogen-bond donors (Lipinski definition) is 1. The van der Waals surface area contributed by atoms with Gasteiger partial charge in [0.05, 0.1) is 33.6 Å². The van der Waals surface area contributed by atoms with Crippen molar-refractivity contribution in [3.05, 3.63) is 234 Å². The Hall–Kier alpha value is -7.66. The molecule has 6 atom stereocenters. The molecule has 0 amide bonds. The maximum Gasteiger partial charge on any atom is 0.338 e. The van der Waals surface area contributed by atoms with E-state index in [0.29, 0.717) is 31.8 Å². The van der Waals surface area contributed by atoms with Gasteiger partial charge in [-0.25, -0.2) is 24.2 Å². The van der Waals surface area contributed by atoms with Crippen LogP contribution in [-0.4, -0.2) is 75.8 Å². The summed E-state index contributed by atoms with van der Waals surface area (Å²) in [6.45, 7) is 3.49. The number of rotatable bonds is 13. The van der Waals surface area contributed by atoms with Crippen molar-refractivity contribution in [2.45, 2.75) is 43.7 Å². The highest BCUT2D eigenvalue weighted by molar-refractivity contribution is 8.26. The summed E-state index contributed by atoms with van der Waals surface area (Å²) in [6, 6.07) is 58.3. The molecular weight excluding hydrogens is 984 g/mol. The van der Waals surface area contributed by atoms with Crippen LogP contribution in [0.15, 0.2) is 215 Å². The predicted molar refractivity (Wildman–Crippen MR) is 279 cm³/mol. The number of benzene rings is 7. The molecular formula is C57H47ClN4O9S2. The topological polar surface area (TPSA) is 156 Å². The molecule has 0 bridgehead atoms. The van der Waals surface area contributed by atoms with Crippen LogP contribution in [0.25, 0.3) is 0 Å². The first kappa shape index (κ1) is 51.7. The highest BCUT2D eigenvalue weighted by atomic mass is 35.5. The molecule has 368 valence electrons. The zero-order chi connectivity index (χ0) is 49.8. The fourth-order valence-corrected chi connectivity index (χ4v) is 9.94. The fraction of sp³-hybridized carbons (Fsp3) is 0.140. The summed E-state index contributed by atoms with van der Waals surface area (Å²) in [5.74, 6) is -3.08. The first-order valence-corrected chi connectivity index (χ1v) is 24.7. The molecule has 7 aromatic carbocycles. The lowest BCUT2D eigenvalue weighted by atomic mass is 9.98. The third-order valence-electron chi connectivity index (χ3n) is 11.4. The number of aryl methyl sites for hydroxylation is 2. The van der Waals surface area contributed by atoms with Crippen molar-refractivity contribution >= 4 is 80.0 Å². The normalized spacial score (nSPS) is 20.4. The number of amidine groups is 3. The van der Waals surface area contributed by atoms with Crippen LogP contribution < -0.4 is 17.3 Å². The minimum Gasteiger partial charge on any atom is -1.00 e. The van der Waals surface area contributed by atoms with Gasteiger partial charge in [0, 0.05) is 23.9 Å². The molecule has 1 fully saturated rings. The lowest BCUT2D eigenvalue weighted by Gasteiger charge is -2.44. The number of carbonyl (C=O) groups is 4. The smallest absolute Gasteiger partial charge is 0.338 e. The summed E-state index contributed by atoms with van der Waals surface area (Å²) in [6.07, 6.45) is -5.96. The summed E-state index contributed by atoms with van der Waals surface area (Å²) < 4.78 is 32.1. The number of carbonyl (C=O) groups excluding carboxylic acids is 4. The molecule has 7 aromatic rings. The van der Waals surface area contributed by atoms with E-state index in [-0.39, 0.29) is 34.7 Å². The molecule has 13 nitrogen and oxygen atoms in total. The van der Waals surface area contributed by atoms with Crippen molar-refractivity contribution in [2.24, 2.45) is 15.0 Å². The Labute approximate surface area is 436 Å². The van der Waals surface area contributed by atoms with Crippen LogP contribution in [0.4, 0.5) is 17.1 Å². The van der Waals surface area contributed by atoms with Crippen molar-refractivity contribution in [1.82, 2.24) is 0 Å². The van der Waals surface area contributed by atoms with E-state index in [2.05, 4.69) is 0 Å². The lowest BCUT2D eigenvalue weighted by molar-refractivity contribution is -0.608. The Morgan fingerprint density at radius 2 is 0.959 bits per heavy atom. The second-order valence-electron chi connectivity index (χ2n) is 16.6. The molecule has 0 aliphatic carbocycles. The highest BCUT2D eigenvalue weighted by Gasteiger charge is 2.55. The van der Waals surface area contributed by atoms with Gasteiger partial charge in [0.25, 0.3) is 10.3 Å². The number of thioether (sulfide) groups is 2. The van der Waals surface area contributed by atoms with E-state index in [9.17, 15) is 19.2 Å². The fourth-order valence-electron chi connectivity index (χ4n) is 7.66. The Bertz CT molecular complexity index is 3100. The van der Waals surface area contributed by atoms with E-state index in [4.69, 9.17) is 38.7 Å². The summed E-state index contributed by atoms with van der Waals surface area (Å²) >= 11 is 2.35. The monoisotopic (exact) mass is 1030 g/mol. The zero-order valence-electron chi connectivity index (χ0n) is 39.4. The van der Waals surface area contributed by atoms with Crippen LogP contribution >= 0.6 is 23.5 Å². The van der Waals surface area contributed by atoms with Crippen molar-refractivity contribution in [1.29, 1.82) is 0 Å². The van der Waals surface area contributed by atoms with Crippen molar-refractivity contribution in [2.75, 3.05) is 6.61 Å². The molecule has 0 spiro atoms. The number of nitrogens with zero attached hydrogens (tertiary/aromatic N) is 3. The van der Waals surface area contributed by atoms with Gasteiger partial charge < -0.3 is 36.1 Å². The quantitative estimate of drug-likeness (QED) is 0.0915. The van der Waals surface area contributed by atoms with Gasteiger partial charge in [-0.2, -0.15) is 14.9 Å². The minimum absolute atomic E-state index is 0. The molecule has 2 aliphatic heterocycles. The van der Waals surface area contributed by atoms with Gasteiger partial charge >= 0.3 is 23.9 Å². The molecule has 0 saturated carbocycles. The maximum absolute atomic E-state index is 14.4. The largest absolute Gasteiger partial charge is 1.00 e. The zero-order valence-corrected chi connectivity index (χ0v) is 41.7. The molecule has 16 heteroatoms. The van der Waals surface area contributed by atoms with E-state index >= 15 is 0 Å². The lowest BCUT2D eigenvalue weighted by Crippen LogP contribution is -3.12. The van der Waals surface area contributed by atoms with Crippen molar-refractivity contribution < 1.29 is 60.2 Å². The number of nitrogens with one attached hydrogen (secondary N) is 1. The van der Waals surface area contributed by atoms with Gasteiger partial charge in [0.2, 0.25) is 5.17 Å². The molecule has 0 radical (unpaired) electrons. The van der Waals surface area contributed by atoms with Crippen LogP contribution in [0, 0.1) is 13.8 Å². The Kier molecular flexibility index (Phi) is 17.5. The summed E-state index contributed by atoms with van der Waals surface area (Å²) in [7, 11) is 0. The van der Waals surface area contributed by atoms with Gasteiger partial charge in [-0.3, -0.25) is 0 Å². The van der Waals surface area contributed by atoms with E-state index in [1.807, 2.05) is 92.7 Å². The number of quaternary nitrogens is 1. The number of hydrogen-bond acceptors (Lipinski definition) is 13. The second kappa shape index (κ2) is 24.6. The van der Waals surface area contributed by atoms with E-state index in [1.165, 1.54) is 11.8 Å². The average molecular weight is 1030 g/mol. The van der Waals surface area contributed by atoms with Crippen LogP contribution in [0.5, 0.6) is 0 Å². The number of ether oxygens (including phenoxy) is 5. The van der Waals surface area contributed by atoms with Gasteiger partial charge in [0.1, 0.15) is 18.4 Å². The maximum atomic E-state index is 14.4. The number of esters is 4. The van der Waals surface area contributed by atoms with Gasteiger partial charge in [0.15, 0.2) is 23.7 Å². The van der Waals surface area contributed by atoms with Crippen LogP contribution in [-0.2, 0) is 23.7 Å². The van der Waals surface area contributed by atoms with E-state index < -0.39 is 60.3 Å². The Morgan fingerprint density at radius 1 is 0.534 bits per heavy atom. The number of aliphatic imine (C=N–C) groups is 3. The van der Waals surface area contributed by atoms with Crippen LogP contribution in [0.2, 0.25) is 0 Å². The minimum atomic E-state index is -1.58. The number of para-hydroxylation sites is 1. The van der Waals surface area contributed by atoms with Gasteiger partial charge in [-0.1, -0.05) is 126 Å². The molecule has 1 N–H and O–H groups in total. The van der Waals surface area contributed by atoms with Gasteiger partial charge in [-0.05, 0) is 98.4 Å². The molecule has 9 rings (SSSR count). The van der Waals surface area contributed by atoms with E-state index in [1.54, 1.807) is 121 Å². The molecule has 73 heavy (non-hydrogen) atoms. The van der Waals surface area contributed by atoms with Gasteiger partial charge in [-0.15, -0.1) is 0 Å². The summed E-state index contributed by atoms with van der Waals surface area (Å²) in [5.41, 5.74) is 3.64. The first-order valence-electron chi connectivity index (χ1n) is 23.0. The third kappa shape index (κ3) is 13.3. The van der Waals surface area contributed by atoms with E-state index in [0.717, 1.165) is 28.6 Å². The van der Waals surface area contributed by atoms with Crippen LogP contribution in [0.3, 0.4) is 0 Å². The first-order chi connectivity index (χ1) is 35.1.